The fourth-order valence-electron chi connectivity index (χ4n) is 3.68. The van der Waals surface area contributed by atoms with Crippen LogP contribution in [0.2, 0.25) is 10.0 Å². The molecular formula is C25H20Cl2N2O4S. The van der Waals surface area contributed by atoms with Gasteiger partial charge in [-0.2, -0.15) is 5.10 Å². The summed E-state index contributed by atoms with van der Waals surface area (Å²) in [4.78, 5) is 12.5. The summed E-state index contributed by atoms with van der Waals surface area (Å²) in [6, 6.07) is 19.2. The first-order valence-electron chi connectivity index (χ1n) is 10.1. The van der Waals surface area contributed by atoms with Crippen molar-refractivity contribution in [2.75, 3.05) is 13.4 Å². The van der Waals surface area contributed by atoms with E-state index in [1.165, 1.54) is 18.0 Å². The molecule has 9 heteroatoms. The van der Waals surface area contributed by atoms with E-state index in [0.29, 0.717) is 21.4 Å². The van der Waals surface area contributed by atoms with E-state index < -0.39 is 15.8 Å². The van der Waals surface area contributed by atoms with E-state index in [2.05, 4.69) is 5.10 Å². The van der Waals surface area contributed by atoms with Crippen LogP contribution < -0.4 is 0 Å². The minimum Gasteiger partial charge on any atom is -0.464 e. The van der Waals surface area contributed by atoms with E-state index >= 15 is 0 Å². The summed E-state index contributed by atoms with van der Waals surface area (Å²) in [5.74, 6) is -0.588. The molecule has 4 rings (SSSR count). The zero-order chi connectivity index (χ0) is 24.6. The van der Waals surface area contributed by atoms with Crippen molar-refractivity contribution < 1.29 is 17.9 Å². The standard InChI is InChI=1S/C25H20Cl2N2O4S/c1-15-12-17(16-6-4-7-18(13-16)34(3,31)32)10-11-19(15)23-14-22(25(30)33-2)28-29(23)24-20(26)8-5-9-21(24)27/h4-14H,1-3H3. The number of hydrogen-bond donors (Lipinski definition) is 0. The van der Waals surface area contributed by atoms with Gasteiger partial charge in [-0.1, -0.05) is 59.6 Å². The molecule has 0 spiro atoms. The number of hydrogen-bond acceptors (Lipinski definition) is 5. The maximum atomic E-state index is 12.2. The van der Waals surface area contributed by atoms with E-state index in [4.69, 9.17) is 27.9 Å². The molecule has 0 aliphatic heterocycles. The third kappa shape index (κ3) is 4.59. The summed E-state index contributed by atoms with van der Waals surface area (Å²) < 4.78 is 30.3. The number of halogens is 2. The number of aryl methyl sites for hydroxylation is 1. The minimum absolute atomic E-state index is 0.109. The second-order valence-corrected chi connectivity index (χ2v) is 10.5. The molecule has 0 bridgehead atoms. The van der Waals surface area contributed by atoms with Crippen LogP contribution in [0.15, 0.2) is 71.6 Å². The van der Waals surface area contributed by atoms with Crippen LogP contribution in [0.3, 0.4) is 0 Å². The molecule has 0 saturated carbocycles. The summed E-state index contributed by atoms with van der Waals surface area (Å²) in [5, 5.41) is 5.17. The average Bonchev–Trinajstić information content (AvgIpc) is 3.22. The van der Waals surface area contributed by atoms with Gasteiger partial charge in [0.25, 0.3) is 0 Å². The van der Waals surface area contributed by atoms with Gasteiger partial charge in [-0.3, -0.25) is 0 Å². The lowest BCUT2D eigenvalue weighted by Crippen LogP contribution is -2.05. The van der Waals surface area contributed by atoms with Crippen LogP contribution in [0, 0.1) is 6.92 Å². The highest BCUT2D eigenvalue weighted by Crippen LogP contribution is 2.35. The van der Waals surface area contributed by atoms with Gasteiger partial charge in [0.2, 0.25) is 0 Å². The third-order valence-electron chi connectivity index (χ3n) is 5.35. The number of aromatic nitrogens is 2. The van der Waals surface area contributed by atoms with Crippen LogP contribution >= 0.6 is 23.2 Å². The van der Waals surface area contributed by atoms with Gasteiger partial charge in [0, 0.05) is 11.8 Å². The Hall–Kier alpha value is -3.13. The first-order chi connectivity index (χ1) is 16.1. The van der Waals surface area contributed by atoms with Crippen molar-refractivity contribution in [3.8, 4) is 28.1 Å². The van der Waals surface area contributed by atoms with Gasteiger partial charge in [-0.15, -0.1) is 0 Å². The smallest absolute Gasteiger partial charge is 0.358 e. The summed E-state index contributed by atoms with van der Waals surface area (Å²) in [5.41, 5.74) is 4.45. The number of carbonyl (C=O) groups is 1. The number of nitrogens with zero attached hydrogens (tertiary/aromatic N) is 2. The second kappa shape index (κ2) is 9.25. The molecule has 0 atom stereocenters. The van der Waals surface area contributed by atoms with Crippen molar-refractivity contribution in [2.45, 2.75) is 11.8 Å². The van der Waals surface area contributed by atoms with Crippen LogP contribution in [-0.4, -0.2) is 37.5 Å². The molecule has 1 heterocycles. The molecule has 34 heavy (non-hydrogen) atoms. The number of para-hydroxylation sites is 1. The molecule has 0 radical (unpaired) electrons. The van der Waals surface area contributed by atoms with E-state index in [1.54, 1.807) is 42.5 Å². The van der Waals surface area contributed by atoms with Crippen molar-refractivity contribution in [2.24, 2.45) is 0 Å². The van der Waals surface area contributed by atoms with Gasteiger partial charge in [0.05, 0.1) is 27.7 Å². The van der Waals surface area contributed by atoms with Gasteiger partial charge in [-0.05, 0) is 53.9 Å². The molecule has 0 aliphatic rings. The van der Waals surface area contributed by atoms with E-state index in [1.807, 2.05) is 31.2 Å². The number of methoxy groups -OCH3 is 1. The number of ether oxygens (including phenoxy) is 1. The number of sulfone groups is 1. The lowest BCUT2D eigenvalue weighted by molar-refractivity contribution is 0.0593. The second-order valence-electron chi connectivity index (χ2n) is 7.72. The predicted octanol–water partition coefficient (Wildman–Crippen LogP) is 6.01. The molecular weight excluding hydrogens is 495 g/mol. The Labute approximate surface area is 207 Å². The predicted molar refractivity (Wildman–Crippen MR) is 134 cm³/mol. The van der Waals surface area contributed by atoms with Gasteiger partial charge >= 0.3 is 5.97 Å². The van der Waals surface area contributed by atoms with Gasteiger partial charge in [0.1, 0.15) is 5.69 Å². The lowest BCUT2D eigenvalue weighted by atomic mass is 9.98. The highest BCUT2D eigenvalue weighted by atomic mass is 35.5. The molecule has 3 aromatic carbocycles. The molecule has 0 amide bonds. The molecule has 6 nitrogen and oxygen atoms in total. The average molecular weight is 515 g/mol. The Morgan fingerprint density at radius 2 is 1.59 bits per heavy atom. The molecule has 4 aromatic rings. The number of esters is 1. The molecule has 0 unspecified atom stereocenters. The molecule has 174 valence electrons. The van der Waals surface area contributed by atoms with E-state index in [-0.39, 0.29) is 10.6 Å². The first-order valence-corrected chi connectivity index (χ1v) is 12.8. The van der Waals surface area contributed by atoms with Crippen LogP contribution in [0.4, 0.5) is 0 Å². The van der Waals surface area contributed by atoms with Crippen LogP contribution in [0.25, 0.3) is 28.1 Å². The van der Waals surface area contributed by atoms with Crippen molar-refractivity contribution >= 4 is 39.0 Å². The Morgan fingerprint density at radius 3 is 2.21 bits per heavy atom. The topological polar surface area (TPSA) is 78.3 Å². The monoisotopic (exact) mass is 514 g/mol. The summed E-state index contributed by atoms with van der Waals surface area (Å²) >= 11 is 12.9. The van der Waals surface area contributed by atoms with Crippen molar-refractivity contribution in [3.63, 3.8) is 0 Å². The third-order valence-corrected chi connectivity index (χ3v) is 7.07. The highest BCUT2D eigenvalue weighted by Gasteiger charge is 2.21. The first kappa shape index (κ1) is 24.0. The maximum absolute atomic E-state index is 12.2. The van der Waals surface area contributed by atoms with Crippen LogP contribution in [0.1, 0.15) is 16.1 Å². The minimum atomic E-state index is -3.33. The number of rotatable bonds is 5. The lowest BCUT2D eigenvalue weighted by Gasteiger charge is -2.14. The molecule has 0 saturated heterocycles. The molecule has 1 aromatic heterocycles. The summed E-state index contributed by atoms with van der Waals surface area (Å²) in [6.07, 6.45) is 1.18. The quantitative estimate of drug-likeness (QED) is 0.304. The Balaban J connectivity index is 1.87. The molecule has 0 N–H and O–H groups in total. The van der Waals surface area contributed by atoms with Gasteiger partial charge < -0.3 is 4.74 Å². The Bertz CT molecular complexity index is 1510. The molecule has 0 aliphatic carbocycles. The van der Waals surface area contributed by atoms with E-state index in [0.717, 1.165) is 22.3 Å². The SMILES string of the molecule is COC(=O)c1cc(-c2ccc(-c3cccc(S(C)(=O)=O)c3)cc2C)n(-c2c(Cl)cccc2Cl)n1. The van der Waals surface area contributed by atoms with Crippen molar-refractivity contribution in [1.29, 1.82) is 0 Å². The van der Waals surface area contributed by atoms with E-state index in [9.17, 15) is 13.2 Å². The normalized spacial score (nSPS) is 11.4. The van der Waals surface area contributed by atoms with Gasteiger partial charge in [0.15, 0.2) is 15.5 Å². The van der Waals surface area contributed by atoms with Crippen molar-refractivity contribution in [3.05, 3.63) is 88.0 Å². The summed E-state index contributed by atoms with van der Waals surface area (Å²) in [7, 11) is -2.04. The largest absolute Gasteiger partial charge is 0.464 e. The highest BCUT2D eigenvalue weighted by molar-refractivity contribution is 7.90. The fourth-order valence-corrected chi connectivity index (χ4v) is 4.90. The zero-order valence-electron chi connectivity index (χ0n) is 18.5. The Kier molecular flexibility index (Phi) is 6.53. The summed E-state index contributed by atoms with van der Waals surface area (Å²) in [6.45, 7) is 1.92. The number of benzene rings is 3. The zero-order valence-corrected chi connectivity index (χ0v) is 20.9. The molecule has 0 fully saturated rings. The number of carbonyl (C=O) groups excluding carboxylic acids is 1. The Morgan fingerprint density at radius 1 is 0.941 bits per heavy atom. The maximum Gasteiger partial charge on any atom is 0.358 e. The van der Waals surface area contributed by atoms with Gasteiger partial charge in [-0.25, -0.2) is 17.9 Å². The fraction of sp³-hybridized carbons (Fsp3) is 0.120. The van der Waals surface area contributed by atoms with Crippen molar-refractivity contribution in [1.82, 2.24) is 9.78 Å². The van der Waals surface area contributed by atoms with Crippen LogP contribution in [0.5, 0.6) is 0 Å². The van der Waals surface area contributed by atoms with Crippen LogP contribution in [-0.2, 0) is 14.6 Å².